The van der Waals surface area contributed by atoms with Gasteiger partial charge >= 0.3 is 0 Å². The van der Waals surface area contributed by atoms with E-state index in [1.807, 2.05) is 0 Å². The van der Waals surface area contributed by atoms with Crippen molar-refractivity contribution in [2.24, 2.45) is 0 Å². The van der Waals surface area contributed by atoms with E-state index in [-0.39, 0.29) is 0 Å². The zero-order chi connectivity index (χ0) is 13.8. The van der Waals surface area contributed by atoms with Crippen molar-refractivity contribution in [3.63, 3.8) is 0 Å². The van der Waals surface area contributed by atoms with Gasteiger partial charge in [-0.05, 0) is 36.3 Å². The minimum atomic E-state index is 0.766. The number of alkyl halides is 1. The molecule has 110 valence electrons. The van der Waals surface area contributed by atoms with Crippen molar-refractivity contribution in [1.82, 2.24) is 9.80 Å². The molecule has 1 fully saturated rings. The van der Waals surface area contributed by atoms with Crippen LogP contribution in [0.1, 0.15) is 29.9 Å². The standard InChI is InChI=1S/C17H25BrN2/c18-8-9-19-10-12-20(13-11-19)14-16-6-3-5-15-4-1-2-7-17(15)16/h1-2,4,7,16H,3,5-6,8-14H2. The van der Waals surface area contributed by atoms with Crippen LogP contribution in [0.25, 0.3) is 0 Å². The van der Waals surface area contributed by atoms with Crippen LogP contribution in [0.15, 0.2) is 24.3 Å². The molecule has 20 heavy (non-hydrogen) atoms. The molecule has 0 aromatic heterocycles. The molecule has 2 nitrogen and oxygen atoms in total. The van der Waals surface area contributed by atoms with E-state index in [0.717, 1.165) is 11.2 Å². The molecule has 1 atom stereocenters. The third kappa shape index (κ3) is 3.44. The van der Waals surface area contributed by atoms with Crippen LogP contribution in [0.2, 0.25) is 0 Å². The second kappa shape index (κ2) is 7.06. The van der Waals surface area contributed by atoms with Gasteiger partial charge in [-0.15, -0.1) is 0 Å². The van der Waals surface area contributed by atoms with Gasteiger partial charge in [0.25, 0.3) is 0 Å². The number of fused-ring (bicyclic) bond motifs is 1. The van der Waals surface area contributed by atoms with Crippen LogP contribution in [0.4, 0.5) is 0 Å². The number of halogens is 1. The minimum Gasteiger partial charge on any atom is -0.300 e. The summed E-state index contributed by atoms with van der Waals surface area (Å²) >= 11 is 3.54. The van der Waals surface area contributed by atoms with E-state index in [9.17, 15) is 0 Å². The maximum Gasteiger partial charge on any atom is 0.0159 e. The lowest BCUT2D eigenvalue weighted by Crippen LogP contribution is -2.48. The molecular weight excluding hydrogens is 312 g/mol. The van der Waals surface area contributed by atoms with Gasteiger partial charge in [0.2, 0.25) is 0 Å². The van der Waals surface area contributed by atoms with Gasteiger partial charge < -0.3 is 4.90 Å². The molecule has 0 N–H and O–H groups in total. The minimum absolute atomic E-state index is 0.766. The van der Waals surface area contributed by atoms with Crippen molar-refractivity contribution < 1.29 is 0 Å². The van der Waals surface area contributed by atoms with Crippen LogP contribution in [0.3, 0.4) is 0 Å². The Morgan fingerprint density at radius 3 is 2.60 bits per heavy atom. The van der Waals surface area contributed by atoms with Crippen molar-refractivity contribution in [2.75, 3.05) is 44.6 Å². The van der Waals surface area contributed by atoms with E-state index in [2.05, 4.69) is 50.0 Å². The molecule has 1 aromatic carbocycles. The lowest BCUT2D eigenvalue weighted by molar-refractivity contribution is 0.130. The number of piperazine rings is 1. The Balaban J connectivity index is 1.57. The summed E-state index contributed by atoms with van der Waals surface area (Å²) in [5, 5.41) is 1.10. The first-order valence-corrected chi connectivity index (χ1v) is 9.07. The Labute approximate surface area is 131 Å². The van der Waals surface area contributed by atoms with E-state index in [1.165, 1.54) is 58.5 Å². The highest BCUT2D eigenvalue weighted by atomic mass is 79.9. The van der Waals surface area contributed by atoms with E-state index in [0.29, 0.717) is 0 Å². The average Bonchev–Trinajstić information content (AvgIpc) is 2.50. The fourth-order valence-corrected chi connectivity index (χ4v) is 4.17. The van der Waals surface area contributed by atoms with Crippen LogP contribution < -0.4 is 0 Å². The van der Waals surface area contributed by atoms with E-state index in [1.54, 1.807) is 11.1 Å². The Hall–Kier alpha value is -0.380. The summed E-state index contributed by atoms with van der Waals surface area (Å²) < 4.78 is 0. The first-order valence-electron chi connectivity index (χ1n) is 7.95. The summed E-state index contributed by atoms with van der Waals surface area (Å²) in [6.07, 6.45) is 4.02. The summed E-state index contributed by atoms with van der Waals surface area (Å²) in [5.74, 6) is 0.766. The number of benzene rings is 1. The second-order valence-corrected chi connectivity index (χ2v) is 6.91. The fraction of sp³-hybridized carbons (Fsp3) is 0.647. The molecule has 1 heterocycles. The molecule has 3 heteroatoms. The highest BCUT2D eigenvalue weighted by Gasteiger charge is 2.24. The summed E-state index contributed by atoms with van der Waals surface area (Å²) in [7, 11) is 0. The molecule has 1 aliphatic heterocycles. The number of aryl methyl sites for hydroxylation is 1. The lowest BCUT2D eigenvalue weighted by atomic mass is 9.82. The Kier molecular flexibility index (Phi) is 5.14. The van der Waals surface area contributed by atoms with Crippen LogP contribution in [-0.2, 0) is 6.42 Å². The summed E-state index contributed by atoms with van der Waals surface area (Å²) in [5.41, 5.74) is 3.23. The molecule has 2 aliphatic rings. The smallest absolute Gasteiger partial charge is 0.0159 e. The SMILES string of the molecule is BrCCN1CCN(CC2CCCc3ccccc32)CC1. The second-order valence-electron chi connectivity index (χ2n) is 6.12. The van der Waals surface area contributed by atoms with Gasteiger partial charge in [0.1, 0.15) is 0 Å². The van der Waals surface area contributed by atoms with E-state index in [4.69, 9.17) is 0 Å². The summed E-state index contributed by atoms with van der Waals surface area (Å²) in [6, 6.07) is 9.10. The first-order chi connectivity index (χ1) is 9.86. The van der Waals surface area contributed by atoms with Gasteiger partial charge in [0, 0.05) is 44.6 Å². The molecule has 1 aliphatic carbocycles. The topological polar surface area (TPSA) is 6.48 Å². The number of rotatable bonds is 4. The summed E-state index contributed by atoms with van der Waals surface area (Å²) in [6.45, 7) is 7.41. The van der Waals surface area contributed by atoms with Gasteiger partial charge in [-0.1, -0.05) is 40.2 Å². The van der Waals surface area contributed by atoms with Gasteiger partial charge in [0.15, 0.2) is 0 Å². The monoisotopic (exact) mass is 336 g/mol. The molecule has 0 saturated carbocycles. The molecule has 1 unspecified atom stereocenters. The summed E-state index contributed by atoms with van der Waals surface area (Å²) in [4.78, 5) is 5.25. The number of hydrogen-bond donors (Lipinski definition) is 0. The maximum absolute atomic E-state index is 3.54. The number of hydrogen-bond acceptors (Lipinski definition) is 2. The van der Waals surface area contributed by atoms with Gasteiger partial charge in [-0.25, -0.2) is 0 Å². The van der Waals surface area contributed by atoms with Crippen LogP contribution in [0.5, 0.6) is 0 Å². The zero-order valence-electron chi connectivity index (χ0n) is 12.2. The molecular formula is C17H25BrN2. The van der Waals surface area contributed by atoms with Crippen LogP contribution >= 0.6 is 15.9 Å². The van der Waals surface area contributed by atoms with Crippen molar-refractivity contribution in [3.05, 3.63) is 35.4 Å². The molecule has 0 radical (unpaired) electrons. The molecule has 1 saturated heterocycles. The van der Waals surface area contributed by atoms with Gasteiger partial charge in [-0.2, -0.15) is 0 Å². The predicted molar refractivity (Wildman–Crippen MR) is 88.8 cm³/mol. The lowest BCUT2D eigenvalue weighted by Gasteiger charge is -2.37. The fourth-order valence-electron chi connectivity index (χ4n) is 3.67. The Morgan fingerprint density at radius 2 is 1.80 bits per heavy atom. The van der Waals surface area contributed by atoms with Gasteiger partial charge in [-0.3, -0.25) is 4.90 Å². The predicted octanol–water partition coefficient (Wildman–Crippen LogP) is 3.12. The highest BCUT2D eigenvalue weighted by molar-refractivity contribution is 9.09. The average molecular weight is 337 g/mol. The highest BCUT2D eigenvalue weighted by Crippen LogP contribution is 2.32. The van der Waals surface area contributed by atoms with Crippen LogP contribution in [0, 0.1) is 0 Å². The molecule has 0 spiro atoms. The quantitative estimate of drug-likeness (QED) is 0.779. The molecule has 1 aromatic rings. The Morgan fingerprint density at radius 1 is 1.05 bits per heavy atom. The first kappa shape index (κ1) is 14.6. The van der Waals surface area contributed by atoms with Crippen molar-refractivity contribution >= 4 is 15.9 Å². The number of nitrogens with zero attached hydrogens (tertiary/aromatic N) is 2. The van der Waals surface area contributed by atoms with E-state index >= 15 is 0 Å². The third-order valence-corrected chi connectivity index (χ3v) is 5.19. The van der Waals surface area contributed by atoms with E-state index < -0.39 is 0 Å². The van der Waals surface area contributed by atoms with Crippen molar-refractivity contribution in [1.29, 1.82) is 0 Å². The van der Waals surface area contributed by atoms with Crippen LogP contribution in [-0.4, -0.2) is 54.4 Å². The molecule has 0 amide bonds. The zero-order valence-corrected chi connectivity index (χ0v) is 13.8. The van der Waals surface area contributed by atoms with Crippen molar-refractivity contribution in [2.45, 2.75) is 25.2 Å². The largest absolute Gasteiger partial charge is 0.300 e. The van der Waals surface area contributed by atoms with Gasteiger partial charge in [0.05, 0.1) is 0 Å². The normalized spacial score (nSPS) is 24.6. The third-order valence-electron chi connectivity index (χ3n) is 4.84. The molecule has 3 rings (SSSR count). The Bertz CT molecular complexity index is 427. The van der Waals surface area contributed by atoms with Crippen molar-refractivity contribution in [3.8, 4) is 0 Å². The maximum atomic E-state index is 3.54. The molecule has 0 bridgehead atoms.